The van der Waals surface area contributed by atoms with E-state index in [2.05, 4.69) is 15.6 Å². The van der Waals surface area contributed by atoms with Crippen molar-refractivity contribution in [1.82, 2.24) is 15.6 Å². The number of rotatable bonds is 9. The summed E-state index contributed by atoms with van der Waals surface area (Å²) in [6.45, 7) is 2.92. The van der Waals surface area contributed by atoms with Crippen LogP contribution in [0, 0.1) is 6.92 Å². The molecule has 116 valence electrons. The maximum atomic E-state index is 11.6. The normalized spacial score (nSPS) is 10.1. The molecule has 0 aliphatic carbocycles. The van der Waals surface area contributed by atoms with Crippen molar-refractivity contribution in [1.29, 1.82) is 0 Å². The average molecular weight is 293 g/mol. The molecule has 0 aliphatic heterocycles. The zero-order valence-corrected chi connectivity index (χ0v) is 12.4. The van der Waals surface area contributed by atoms with Crippen LogP contribution in [0.1, 0.15) is 43.5 Å². The smallest absolute Gasteiger partial charge is 0.315 e. The fraction of sp³-hybridized carbons (Fsp3) is 0.533. The van der Waals surface area contributed by atoms with E-state index in [0.29, 0.717) is 19.5 Å². The van der Waals surface area contributed by atoms with Gasteiger partial charge in [-0.1, -0.05) is 18.9 Å². The van der Waals surface area contributed by atoms with Crippen LogP contribution in [0.25, 0.3) is 0 Å². The minimum Gasteiger partial charge on any atom is -0.481 e. The Bertz CT molecular complexity index is 463. The molecule has 2 amide bonds. The summed E-state index contributed by atoms with van der Waals surface area (Å²) in [4.78, 5) is 26.2. The highest BCUT2D eigenvalue weighted by Crippen LogP contribution is 2.02. The van der Waals surface area contributed by atoms with Crippen LogP contribution in [-0.2, 0) is 11.3 Å². The number of carboxylic acid groups (broad SMARTS) is 1. The second-order valence-corrected chi connectivity index (χ2v) is 4.94. The van der Waals surface area contributed by atoms with E-state index >= 15 is 0 Å². The van der Waals surface area contributed by atoms with Crippen molar-refractivity contribution in [3.8, 4) is 0 Å². The van der Waals surface area contributed by atoms with Gasteiger partial charge in [-0.25, -0.2) is 4.79 Å². The molecule has 21 heavy (non-hydrogen) atoms. The summed E-state index contributed by atoms with van der Waals surface area (Å²) >= 11 is 0. The molecule has 1 rings (SSSR count). The molecular weight excluding hydrogens is 270 g/mol. The van der Waals surface area contributed by atoms with Gasteiger partial charge in [0.15, 0.2) is 0 Å². The van der Waals surface area contributed by atoms with Crippen LogP contribution >= 0.6 is 0 Å². The Labute approximate surface area is 125 Å². The van der Waals surface area contributed by atoms with E-state index in [1.807, 2.05) is 25.1 Å². The van der Waals surface area contributed by atoms with Gasteiger partial charge >= 0.3 is 12.0 Å². The lowest BCUT2D eigenvalue weighted by atomic mass is 10.1. The number of carboxylic acids is 1. The summed E-state index contributed by atoms with van der Waals surface area (Å²) in [5.41, 5.74) is 1.76. The van der Waals surface area contributed by atoms with Gasteiger partial charge in [-0.15, -0.1) is 0 Å². The van der Waals surface area contributed by atoms with E-state index in [-0.39, 0.29) is 12.5 Å². The number of carbonyl (C=O) groups is 2. The number of hydrogen-bond acceptors (Lipinski definition) is 3. The minimum absolute atomic E-state index is 0.205. The van der Waals surface area contributed by atoms with Gasteiger partial charge < -0.3 is 15.7 Å². The molecule has 6 heteroatoms. The zero-order chi connectivity index (χ0) is 15.5. The molecule has 0 fully saturated rings. The Kier molecular flexibility index (Phi) is 7.86. The van der Waals surface area contributed by atoms with E-state index in [1.165, 1.54) is 0 Å². The number of aryl methyl sites for hydroxylation is 1. The molecule has 0 atom stereocenters. The van der Waals surface area contributed by atoms with Crippen LogP contribution in [-0.4, -0.2) is 28.6 Å². The van der Waals surface area contributed by atoms with Crippen LogP contribution < -0.4 is 10.6 Å². The van der Waals surface area contributed by atoms with E-state index in [4.69, 9.17) is 5.11 Å². The third-order valence-electron chi connectivity index (χ3n) is 2.98. The number of amides is 2. The average Bonchev–Trinajstić information content (AvgIpc) is 2.44. The number of urea groups is 1. The number of carbonyl (C=O) groups excluding carboxylic acids is 1. The van der Waals surface area contributed by atoms with Crippen LogP contribution in [0.5, 0.6) is 0 Å². The van der Waals surface area contributed by atoms with E-state index in [0.717, 1.165) is 30.7 Å². The van der Waals surface area contributed by atoms with E-state index < -0.39 is 5.97 Å². The van der Waals surface area contributed by atoms with Crippen LogP contribution in [0.2, 0.25) is 0 Å². The van der Waals surface area contributed by atoms with Crippen molar-refractivity contribution in [2.75, 3.05) is 6.54 Å². The molecule has 1 aromatic heterocycles. The highest BCUT2D eigenvalue weighted by atomic mass is 16.4. The Balaban J connectivity index is 2.03. The SMILES string of the molecule is Cc1cccc(CNC(=O)NCCCCCCC(=O)O)n1. The summed E-state index contributed by atoms with van der Waals surface area (Å²) in [5.74, 6) is -0.753. The third-order valence-corrected chi connectivity index (χ3v) is 2.98. The Hall–Kier alpha value is -2.11. The monoisotopic (exact) mass is 293 g/mol. The van der Waals surface area contributed by atoms with Crippen LogP contribution in [0.3, 0.4) is 0 Å². The number of nitrogens with zero attached hydrogens (tertiary/aromatic N) is 1. The fourth-order valence-electron chi connectivity index (χ4n) is 1.89. The molecule has 1 aromatic rings. The second-order valence-electron chi connectivity index (χ2n) is 4.94. The number of aromatic nitrogens is 1. The lowest BCUT2D eigenvalue weighted by molar-refractivity contribution is -0.137. The molecule has 0 aliphatic rings. The number of hydrogen-bond donors (Lipinski definition) is 3. The van der Waals surface area contributed by atoms with Gasteiger partial charge in [0.05, 0.1) is 12.2 Å². The van der Waals surface area contributed by atoms with Crippen LogP contribution in [0.15, 0.2) is 18.2 Å². The third kappa shape index (κ3) is 8.62. The van der Waals surface area contributed by atoms with Crippen molar-refractivity contribution >= 4 is 12.0 Å². The van der Waals surface area contributed by atoms with Gasteiger partial charge in [-0.3, -0.25) is 9.78 Å². The highest BCUT2D eigenvalue weighted by molar-refractivity contribution is 5.73. The quantitative estimate of drug-likeness (QED) is 0.609. The molecule has 0 spiro atoms. The second kappa shape index (κ2) is 9.74. The van der Waals surface area contributed by atoms with Crippen molar-refractivity contribution in [2.45, 2.75) is 45.6 Å². The molecule has 6 nitrogen and oxygen atoms in total. The molecule has 0 unspecified atom stereocenters. The first kappa shape index (κ1) is 16.9. The molecule has 1 heterocycles. The number of nitrogens with one attached hydrogen (secondary N) is 2. The maximum absolute atomic E-state index is 11.6. The molecule has 0 aromatic carbocycles. The van der Waals surface area contributed by atoms with E-state index in [9.17, 15) is 9.59 Å². The molecule has 0 radical (unpaired) electrons. The fourth-order valence-corrected chi connectivity index (χ4v) is 1.89. The summed E-state index contributed by atoms with van der Waals surface area (Å²) in [6.07, 6.45) is 3.57. The first-order valence-electron chi connectivity index (χ1n) is 7.24. The van der Waals surface area contributed by atoms with Gasteiger partial charge in [0.25, 0.3) is 0 Å². The first-order valence-corrected chi connectivity index (χ1v) is 7.24. The molecular formula is C15H23N3O3. The predicted octanol–water partition coefficient (Wildman–Crippen LogP) is 2.22. The van der Waals surface area contributed by atoms with Crippen molar-refractivity contribution in [3.05, 3.63) is 29.6 Å². The molecule has 0 saturated carbocycles. The number of pyridine rings is 1. The van der Waals surface area contributed by atoms with E-state index in [1.54, 1.807) is 0 Å². The van der Waals surface area contributed by atoms with Crippen LogP contribution in [0.4, 0.5) is 4.79 Å². The minimum atomic E-state index is -0.753. The topological polar surface area (TPSA) is 91.3 Å². The maximum Gasteiger partial charge on any atom is 0.315 e. The first-order chi connectivity index (χ1) is 10.1. The lowest BCUT2D eigenvalue weighted by Gasteiger charge is -2.07. The van der Waals surface area contributed by atoms with Crippen molar-refractivity contribution in [3.63, 3.8) is 0 Å². The zero-order valence-electron chi connectivity index (χ0n) is 12.4. The summed E-state index contributed by atoms with van der Waals surface area (Å²) in [7, 11) is 0. The lowest BCUT2D eigenvalue weighted by Crippen LogP contribution is -2.35. The summed E-state index contributed by atoms with van der Waals surface area (Å²) < 4.78 is 0. The van der Waals surface area contributed by atoms with Gasteiger partial charge in [0, 0.05) is 18.7 Å². The number of unbranched alkanes of at least 4 members (excludes halogenated alkanes) is 3. The number of aliphatic carboxylic acids is 1. The van der Waals surface area contributed by atoms with Gasteiger partial charge in [-0.2, -0.15) is 0 Å². The van der Waals surface area contributed by atoms with Gasteiger partial charge in [-0.05, 0) is 31.9 Å². The standard InChI is InChI=1S/C15H23N3O3/c1-12-7-6-8-13(18-12)11-17-15(21)16-10-5-3-2-4-9-14(19)20/h6-8H,2-5,9-11H2,1H3,(H,19,20)(H2,16,17,21). The van der Waals surface area contributed by atoms with Gasteiger partial charge in [0.2, 0.25) is 0 Å². The Morgan fingerprint density at radius 1 is 1.14 bits per heavy atom. The Morgan fingerprint density at radius 3 is 2.62 bits per heavy atom. The molecule has 0 saturated heterocycles. The van der Waals surface area contributed by atoms with Gasteiger partial charge in [0.1, 0.15) is 0 Å². The molecule has 3 N–H and O–H groups in total. The molecule has 0 bridgehead atoms. The van der Waals surface area contributed by atoms with Crippen molar-refractivity contribution < 1.29 is 14.7 Å². The highest BCUT2D eigenvalue weighted by Gasteiger charge is 2.01. The Morgan fingerprint density at radius 2 is 1.90 bits per heavy atom. The summed E-state index contributed by atoms with van der Waals surface area (Å²) in [6, 6.07) is 5.49. The van der Waals surface area contributed by atoms with Crippen molar-refractivity contribution in [2.24, 2.45) is 0 Å². The predicted molar refractivity (Wildman–Crippen MR) is 79.9 cm³/mol. The summed E-state index contributed by atoms with van der Waals surface area (Å²) in [5, 5.41) is 14.0. The largest absolute Gasteiger partial charge is 0.481 e.